The van der Waals surface area contributed by atoms with Gasteiger partial charge in [-0.25, -0.2) is 4.98 Å². The van der Waals surface area contributed by atoms with Crippen molar-refractivity contribution in [2.75, 3.05) is 19.3 Å². The van der Waals surface area contributed by atoms with Gasteiger partial charge in [-0.2, -0.15) is 0 Å². The largest absolute Gasteiger partial charge is 0.384 e. The topological polar surface area (TPSA) is 50.9 Å². The van der Waals surface area contributed by atoms with Crippen molar-refractivity contribution >= 4 is 23.5 Å². The third-order valence-corrected chi connectivity index (χ3v) is 1.85. The molecule has 1 aromatic heterocycles. The molecule has 3 nitrogen and oxygen atoms in total. The van der Waals surface area contributed by atoms with Crippen LogP contribution in [0, 0.1) is 0 Å². The average Bonchev–Trinajstić information content (AvgIpc) is 2.09. The molecule has 0 aliphatic carbocycles. The molecule has 70 valence electrons. The maximum Gasteiger partial charge on any atom is 0.124 e. The Labute approximate surface area is 82.6 Å². The SMILES string of the molecule is CNCC=Cc1cnc(N)cc1Cl. The van der Waals surface area contributed by atoms with E-state index in [0.717, 1.165) is 12.1 Å². The lowest BCUT2D eigenvalue weighted by atomic mass is 10.2. The van der Waals surface area contributed by atoms with Crippen LogP contribution in [0.25, 0.3) is 6.08 Å². The van der Waals surface area contributed by atoms with E-state index in [4.69, 9.17) is 17.3 Å². The minimum atomic E-state index is 0.441. The Morgan fingerprint density at radius 2 is 2.46 bits per heavy atom. The summed E-state index contributed by atoms with van der Waals surface area (Å²) >= 11 is 5.92. The zero-order chi connectivity index (χ0) is 9.68. The van der Waals surface area contributed by atoms with Gasteiger partial charge in [0.25, 0.3) is 0 Å². The third-order valence-electron chi connectivity index (χ3n) is 1.52. The van der Waals surface area contributed by atoms with Crippen LogP contribution in [0.4, 0.5) is 5.82 Å². The van der Waals surface area contributed by atoms with Crippen molar-refractivity contribution in [1.29, 1.82) is 0 Å². The van der Waals surface area contributed by atoms with Crippen molar-refractivity contribution in [3.8, 4) is 0 Å². The van der Waals surface area contributed by atoms with Crippen LogP contribution in [0.5, 0.6) is 0 Å². The lowest BCUT2D eigenvalue weighted by Gasteiger charge is -1.98. The van der Waals surface area contributed by atoms with Gasteiger partial charge in [0, 0.05) is 18.3 Å². The van der Waals surface area contributed by atoms with E-state index in [1.165, 1.54) is 0 Å². The Balaban J connectivity index is 2.77. The molecule has 3 N–H and O–H groups in total. The van der Waals surface area contributed by atoms with E-state index in [9.17, 15) is 0 Å². The van der Waals surface area contributed by atoms with Gasteiger partial charge in [0.15, 0.2) is 0 Å². The number of nitrogens with zero attached hydrogens (tertiary/aromatic N) is 1. The normalized spacial score (nSPS) is 10.9. The first kappa shape index (κ1) is 10.0. The molecular formula is C9H12ClN3. The van der Waals surface area contributed by atoms with Gasteiger partial charge in [0.2, 0.25) is 0 Å². The maximum absolute atomic E-state index is 5.92. The first-order valence-electron chi connectivity index (χ1n) is 3.96. The molecule has 0 aromatic carbocycles. The summed E-state index contributed by atoms with van der Waals surface area (Å²) in [5.74, 6) is 0.441. The number of halogens is 1. The van der Waals surface area contributed by atoms with Gasteiger partial charge >= 0.3 is 0 Å². The molecule has 0 unspecified atom stereocenters. The van der Waals surface area contributed by atoms with Crippen LogP contribution in [0.1, 0.15) is 5.56 Å². The molecule has 1 heterocycles. The Morgan fingerprint density at radius 1 is 1.69 bits per heavy atom. The first-order chi connectivity index (χ1) is 6.24. The predicted octanol–water partition coefficient (Wildman–Crippen LogP) is 1.55. The molecule has 0 fully saturated rings. The van der Waals surface area contributed by atoms with Crippen LogP contribution in [-0.2, 0) is 0 Å². The minimum Gasteiger partial charge on any atom is -0.384 e. The number of rotatable bonds is 3. The summed E-state index contributed by atoms with van der Waals surface area (Å²) in [7, 11) is 1.88. The Morgan fingerprint density at radius 3 is 3.08 bits per heavy atom. The van der Waals surface area contributed by atoms with E-state index in [1.807, 2.05) is 19.2 Å². The smallest absolute Gasteiger partial charge is 0.124 e. The molecule has 4 heteroatoms. The van der Waals surface area contributed by atoms with E-state index in [1.54, 1.807) is 12.3 Å². The number of aromatic nitrogens is 1. The lowest BCUT2D eigenvalue weighted by molar-refractivity contribution is 0.922. The number of hydrogen-bond acceptors (Lipinski definition) is 3. The second-order valence-electron chi connectivity index (χ2n) is 2.59. The number of likely N-dealkylation sites (N-methyl/N-ethyl adjacent to an activating group) is 1. The van der Waals surface area contributed by atoms with Gasteiger partial charge in [-0.3, -0.25) is 0 Å². The van der Waals surface area contributed by atoms with E-state index in [0.29, 0.717) is 10.8 Å². The zero-order valence-electron chi connectivity index (χ0n) is 7.42. The number of pyridine rings is 1. The molecule has 0 aliphatic heterocycles. The monoisotopic (exact) mass is 197 g/mol. The standard InChI is InChI=1S/C9H12ClN3/c1-12-4-2-3-7-6-13-9(11)5-8(7)10/h2-3,5-6,12H,4H2,1H3,(H2,11,13). The lowest BCUT2D eigenvalue weighted by Crippen LogP contribution is -2.03. The fraction of sp³-hybridized carbons (Fsp3) is 0.222. The van der Waals surface area contributed by atoms with Crippen molar-refractivity contribution in [3.05, 3.63) is 28.9 Å². The van der Waals surface area contributed by atoms with E-state index in [2.05, 4.69) is 10.3 Å². The second-order valence-corrected chi connectivity index (χ2v) is 3.00. The van der Waals surface area contributed by atoms with E-state index >= 15 is 0 Å². The quantitative estimate of drug-likeness (QED) is 0.773. The van der Waals surface area contributed by atoms with Crippen LogP contribution < -0.4 is 11.1 Å². The predicted molar refractivity (Wildman–Crippen MR) is 56.6 cm³/mol. The van der Waals surface area contributed by atoms with Crippen LogP contribution >= 0.6 is 11.6 Å². The fourth-order valence-electron chi connectivity index (χ4n) is 0.883. The van der Waals surface area contributed by atoms with Crippen LogP contribution in [0.3, 0.4) is 0 Å². The highest BCUT2D eigenvalue weighted by molar-refractivity contribution is 6.32. The number of nitrogens with two attached hydrogens (primary N) is 1. The van der Waals surface area contributed by atoms with Gasteiger partial charge in [-0.1, -0.05) is 23.8 Å². The summed E-state index contributed by atoms with van der Waals surface area (Å²) in [5.41, 5.74) is 6.33. The van der Waals surface area contributed by atoms with Gasteiger partial charge in [-0.15, -0.1) is 0 Å². The van der Waals surface area contributed by atoms with Crippen molar-refractivity contribution in [1.82, 2.24) is 10.3 Å². The molecule has 0 amide bonds. The Kier molecular flexibility index (Phi) is 3.73. The summed E-state index contributed by atoms with van der Waals surface area (Å²) in [6, 6.07) is 1.64. The first-order valence-corrected chi connectivity index (χ1v) is 4.34. The molecule has 0 atom stereocenters. The van der Waals surface area contributed by atoms with Crippen molar-refractivity contribution in [2.24, 2.45) is 0 Å². The molecule has 0 spiro atoms. The Hall–Kier alpha value is -1.06. The fourth-order valence-corrected chi connectivity index (χ4v) is 1.11. The molecule has 1 rings (SSSR count). The zero-order valence-corrected chi connectivity index (χ0v) is 8.17. The highest BCUT2D eigenvalue weighted by atomic mass is 35.5. The highest BCUT2D eigenvalue weighted by Crippen LogP contribution is 2.17. The molecule has 13 heavy (non-hydrogen) atoms. The van der Waals surface area contributed by atoms with Crippen molar-refractivity contribution in [2.45, 2.75) is 0 Å². The van der Waals surface area contributed by atoms with E-state index < -0.39 is 0 Å². The number of anilines is 1. The minimum absolute atomic E-state index is 0.441. The van der Waals surface area contributed by atoms with Gasteiger partial charge in [-0.05, 0) is 13.1 Å². The third kappa shape index (κ3) is 3.05. The van der Waals surface area contributed by atoms with Gasteiger partial charge < -0.3 is 11.1 Å². The summed E-state index contributed by atoms with van der Waals surface area (Å²) in [4.78, 5) is 3.94. The summed E-state index contributed by atoms with van der Waals surface area (Å²) in [5, 5.41) is 3.62. The molecule has 0 saturated carbocycles. The number of hydrogen-bond donors (Lipinski definition) is 2. The highest BCUT2D eigenvalue weighted by Gasteiger charge is 1.96. The molecule has 0 saturated heterocycles. The number of nitrogen functional groups attached to an aromatic ring is 1. The number of nitrogens with one attached hydrogen (secondary N) is 1. The Bertz CT molecular complexity index is 310. The van der Waals surface area contributed by atoms with Gasteiger partial charge in [0.05, 0.1) is 5.02 Å². The van der Waals surface area contributed by atoms with Crippen molar-refractivity contribution in [3.63, 3.8) is 0 Å². The van der Waals surface area contributed by atoms with Crippen molar-refractivity contribution < 1.29 is 0 Å². The van der Waals surface area contributed by atoms with E-state index in [-0.39, 0.29) is 0 Å². The molecule has 0 aliphatic rings. The van der Waals surface area contributed by atoms with Crippen LogP contribution in [0.15, 0.2) is 18.3 Å². The van der Waals surface area contributed by atoms with Crippen LogP contribution in [0.2, 0.25) is 5.02 Å². The summed E-state index contributed by atoms with van der Waals surface area (Å²) in [6.07, 6.45) is 5.54. The summed E-state index contributed by atoms with van der Waals surface area (Å²) < 4.78 is 0. The maximum atomic E-state index is 5.92. The van der Waals surface area contributed by atoms with Crippen LogP contribution in [-0.4, -0.2) is 18.6 Å². The summed E-state index contributed by atoms with van der Waals surface area (Å²) in [6.45, 7) is 0.806. The molecule has 0 bridgehead atoms. The average molecular weight is 198 g/mol. The molecule has 1 aromatic rings. The second kappa shape index (κ2) is 4.84. The van der Waals surface area contributed by atoms with Gasteiger partial charge in [0.1, 0.15) is 5.82 Å². The molecule has 0 radical (unpaired) electrons. The molecular weight excluding hydrogens is 186 g/mol.